The molecule has 33 heavy (non-hydrogen) atoms. The summed E-state index contributed by atoms with van der Waals surface area (Å²) in [4.78, 5) is 18.0. The molecule has 1 amide bonds. The molecule has 2 unspecified atom stereocenters. The lowest BCUT2D eigenvalue weighted by atomic mass is 10.1. The number of fused-ring (bicyclic) bond motifs is 1. The number of methoxy groups -OCH3 is 1. The van der Waals surface area contributed by atoms with E-state index in [0.29, 0.717) is 24.1 Å². The monoisotopic (exact) mass is 473 g/mol. The van der Waals surface area contributed by atoms with Crippen molar-refractivity contribution in [2.75, 3.05) is 33.3 Å². The zero-order chi connectivity index (χ0) is 22.5. The molecule has 2 atom stereocenters. The third-order valence-electron chi connectivity index (χ3n) is 6.41. The second-order valence-corrected chi connectivity index (χ2v) is 8.62. The van der Waals surface area contributed by atoms with E-state index in [1.807, 2.05) is 30.3 Å². The van der Waals surface area contributed by atoms with Gasteiger partial charge >= 0.3 is 0 Å². The zero-order valence-corrected chi connectivity index (χ0v) is 20.1. The van der Waals surface area contributed by atoms with Gasteiger partial charge in [0.1, 0.15) is 17.3 Å². The second kappa shape index (κ2) is 11.5. The summed E-state index contributed by atoms with van der Waals surface area (Å²) < 4.78 is 19.1. The summed E-state index contributed by atoms with van der Waals surface area (Å²) in [7, 11) is 1.64. The van der Waals surface area contributed by atoms with Crippen LogP contribution in [0.5, 0.6) is 5.75 Å². The maximum absolute atomic E-state index is 13.7. The van der Waals surface area contributed by atoms with E-state index in [2.05, 4.69) is 22.1 Å². The Bertz CT molecular complexity index is 1040. The molecule has 1 heterocycles. The number of para-hydroxylation sites is 1. The maximum atomic E-state index is 13.7. The molecule has 0 spiro atoms. The first-order valence-corrected chi connectivity index (χ1v) is 11.5. The van der Waals surface area contributed by atoms with E-state index in [-0.39, 0.29) is 24.1 Å². The maximum Gasteiger partial charge on any atom is 0.267 e. The van der Waals surface area contributed by atoms with Crippen molar-refractivity contribution in [1.82, 2.24) is 15.2 Å². The Morgan fingerprint density at radius 2 is 2.03 bits per heavy atom. The number of hydrogen-bond donors (Lipinski definition) is 2. The van der Waals surface area contributed by atoms with Crippen molar-refractivity contribution < 1.29 is 13.9 Å². The summed E-state index contributed by atoms with van der Waals surface area (Å²) in [5.74, 6) is 1.46. The Labute approximate surface area is 201 Å². The van der Waals surface area contributed by atoms with Gasteiger partial charge in [0.25, 0.3) is 5.91 Å². The first-order chi connectivity index (χ1) is 15.6. The average Bonchev–Trinajstić information content (AvgIpc) is 3.43. The fourth-order valence-electron chi connectivity index (χ4n) is 4.49. The van der Waals surface area contributed by atoms with Gasteiger partial charge in [-0.05, 0) is 74.5 Å². The van der Waals surface area contributed by atoms with Gasteiger partial charge in [-0.3, -0.25) is 4.79 Å². The summed E-state index contributed by atoms with van der Waals surface area (Å²) in [6.07, 6.45) is 3.05. The number of H-pyrrole nitrogens is 1. The van der Waals surface area contributed by atoms with Gasteiger partial charge in [-0.15, -0.1) is 12.4 Å². The molecule has 1 aromatic heterocycles. The molecular formula is C26H33ClFN3O2. The van der Waals surface area contributed by atoms with Gasteiger partial charge in [-0.2, -0.15) is 0 Å². The summed E-state index contributed by atoms with van der Waals surface area (Å²) in [5, 5.41) is 4.06. The Morgan fingerprint density at radius 1 is 1.21 bits per heavy atom. The molecule has 5 nitrogen and oxygen atoms in total. The van der Waals surface area contributed by atoms with E-state index in [1.165, 1.54) is 6.07 Å². The lowest BCUT2D eigenvalue weighted by molar-refractivity contribution is 0.0948. The fourth-order valence-corrected chi connectivity index (χ4v) is 4.49. The van der Waals surface area contributed by atoms with Crippen molar-refractivity contribution in [2.24, 2.45) is 5.92 Å². The van der Waals surface area contributed by atoms with Crippen LogP contribution in [0, 0.1) is 11.7 Å². The smallest absolute Gasteiger partial charge is 0.267 e. The van der Waals surface area contributed by atoms with Crippen molar-refractivity contribution in [3.63, 3.8) is 0 Å². The number of halogens is 2. The van der Waals surface area contributed by atoms with Crippen LogP contribution in [-0.2, 0) is 0 Å². The number of nitrogens with one attached hydrogen (secondary N) is 2. The number of rotatable bonds is 11. The lowest BCUT2D eigenvalue weighted by Gasteiger charge is -2.20. The van der Waals surface area contributed by atoms with E-state index < -0.39 is 0 Å². The highest BCUT2D eigenvalue weighted by molar-refractivity contribution is 5.97. The standard InChI is InChI=1S/C26H32FN3O2.ClH/c1-3-30(17-19-14-21(19)22-16-20(27)10-11-25(22)32-2)13-7-6-12-28-26(31)24-15-18-8-4-5-9-23(18)29-24;/h4-5,8-11,15-16,19,21,29H,3,6-7,12-14,17H2,1-2H3,(H,28,31);1H. The van der Waals surface area contributed by atoms with E-state index >= 15 is 0 Å². The van der Waals surface area contributed by atoms with E-state index in [1.54, 1.807) is 19.2 Å². The molecule has 0 bridgehead atoms. The van der Waals surface area contributed by atoms with Crippen molar-refractivity contribution >= 4 is 29.2 Å². The van der Waals surface area contributed by atoms with Crippen LogP contribution in [0.2, 0.25) is 0 Å². The van der Waals surface area contributed by atoms with Crippen molar-refractivity contribution in [3.8, 4) is 5.75 Å². The van der Waals surface area contributed by atoms with Gasteiger partial charge < -0.3 is 19.9 Å². The third kappa shape index (κ3) is 6.27. The molecule has 7 heteroatoms. The molecule has 1 saturated carbocycles. The molecule has 2 aromatic carbocycles. The molecule has 1 aliphatic carbocycles. The number of unbranched alkanes of at least 4 members (excludes halogenated alkanes) is 1. The second-order valence-electron chi connectivity index (χ2n) is 8.62. The van der Waals surface area contributed by atoms with E-state index in [0.717, 1.165) is 61.1 Å². The summed E-state index contributed by atoms with van der Waals surface area (Å²) in [6.45, 7) is 5.85. The first-order valence-electron chi connectivity index (χ1n) is 11.5. The first kappa shape index (κ1) is 25.1. The Morgan fingerprint density at radius 3 is 2.79 bits per heavy atom. The molecular weight excluding hydrogens is 441 g/mol. The van der Waals surface area contributed by atoms with Crippen LogP contribution in [0.1, 0.15) is 48.2 Å². The van der Waals surface area contributed by atoms with Crippen LogP contribution in [-0.4, -0.2) is 49.1 Å². The summed E-state index contributed by atoms with van der Waals surface area (Å²) in [6, 6.07) is 14.6. The van der Waals surface area contributed by atoms with Gasteiger partial charge in [-0.25, -0.2) is 4.39 Å². The number of carbonyl (C=O) groups excluding carboxylic acids is 1. The lowest BCUT2D eigenvalue weighted by Crippen LogP contribution is -2.29. The fraction of sp³-hybridized carbons (Fsp3) is 0.423. The van der Waals surface area contributed by atoms with Gasteiger partial charge in [0, 0.05) is 29.6 Å². The highest BCUT2D eigenvalue weighted by atomic mass is 35.5. The molecule has 2 N–H and O–H groups in total. The number of benzene rings is 2. The van der Waals surface area contributed by atoms with Crippen molar-refractivity contribution in [3.05, 3.63) is 65.6 Å². The van der Waals surface area contributed by atoms with E-state index in [4.69, 9.17) is 4.74 Å². The highest BCUT2D eigenvalue weighted by Crippen LogP contribution is 2.50. The number of ether oxygens (including phenoxy) is 1. The molecule has 0 saturated heterocycles. The van der Waals surface area contributed by atoms with Crippen LogP contribution in [0.25, 0.3) is 10.9 Å². The van der Waals surface area contributed by atoms with Crippen LogP contribution in [0.4, 0.5) is 4.39 Å². The molecule has 3 aromatic rings. The largest absolute Gasteiger partial charge is 0.496 e. The molecule has 1 aliphatic rings. The highest BCUT2D eigenvalue weighted by Gasteiger charge is 2.40. The quantitative estimate of drug-likeness (QED) is 0.368. The normalized spacial score (nSPS) is 17.1. The molecule has 0 aliphatic heterocycles. The molecule has 0 radical (unpaired) electrons. The van der Waals surface area contributed by atoms with Gasteiger partial charge in [-0.1, -0.05) is 25.1 Å². The third-order valence-corrected chi connectivity index (χ3v) is 6.41. The summed E-state index contributed by atoms with van der Waals surface area (Å²) in [5.41, 5.74) is 2.58. The Hall–Kier alpha value is -2.57. The van der Waals surface area contributed by atoms with Crippen LogP contribution in [0.3, 0.4) is 0 Å². The topological polar surface area (TPSA) is 57.4 Å². The van der Waals surface area contributed by atoms with E-state index in [9.17, 15) is 9.18 Å². The number of nitrogens with zero attached hydrogens (tertiary/aromatic N) is 1. The number of carbonyl (C=O) groups is 1. The van der Waals surface area contributed by atoms with Crippen molar-refractivity contribution in [1.29, 1.82) is 0 Å². The minimum Gasteiger partial charge on any atom is -0.496 e. The predicted molar refractivity (Wildman–Crippen MR) is 133 cm³/mol. The van der Waals surface area contributed by atoms with Gasteiger partial charge in [0.15, 0.2) is 0 Å². The average molecular weight is 474 g/mol. The number of aromatic nitrogens is 1. The predicted octanol–water partition coefficient (Wildman–Crippen LogP) is 5.37. The zero-order valence-electron chi connectivity index (χ0n) is 19.3. The summed E-state index contributed by atoms with van der Waals surface area (Å²) >= 11 is 0. The van der Waals surface area contributed by atoms with Crippen molar-refractivity contribution in [2.45, 2.75) is 32.1 Å². The van der Waals surface area contributed by atoms with Crippen LogP contribution < -0.4 is 10.1 Å². The van der Waals surface area contributed by atoms with Crippen LogP contribution in [0.15, 0.2) is 48.5 Å². The Kier molecular flexibility index (Phi) is 8.75. The Balaban J connectivity index is 0.00000306. The van der Waals surface area contributed by atoms with Gasteiger partial charge in [0.2, 0.25) is 0 Å². The van der Waals surface area contributed by atoms with Gasteiger partial charge in [0.05, 0.1) is 7.11 Å². The number of hydrogen-bond acceptors (Lipinski definition) is 3. The molecule has 178 valence electrons. The minimum atomic E-state index is -0.201. The minimum absolute atomic E-state index is 0. The number of amides is 1. The number of aromatic amines is 1. The SMILES string of the molecule is CCN(CCCCNC(=O)c1cc2ccccc2[nH]1)CC1CC1c1cc(F)ccc1OC.Cl. The van der Waals surface area contributed by atoms with Crippen LogP contribution >= 0.6 is 12.4 Å². The molecule has 4 rings (SSSR count). The molecule has 1 fully saturated rings.